The summed E-state index contributed by atoms with van der Waals surface area (Å²) in [5.74, 6) is -0.236. The zero-order valence-corrected chi connectivity index (χ0v) is 11.4. The number of rotatable bonds is 8. The van der Waals surface area contributed by atoms with Crippen LogP contribution in [0.5, 0.6) is 0 Å². The van der Waals surface area contributed by atoms with Gasteiger partial charge in [0.05, 0.1) is 19.1 Å². The first-order valence-corrected chi connectivity index (χ1v) is 6.66. The second kappa shape index (κ2) is 8.45. The molecule has 0 amide bonds. The number of aliphatic carboxylic acids is 1. The van der Waals surface area contributed by atoms with Crippen molar-refractivity contribution in [1.29, 1.82) is 0 Å². The zero-order chi connectivity index (χ0) is 13.4. The summed E-state index contributed by atoms with van der Waals surface area (Å²) in [5, 5.41) is 8.53. The van der Waals surface area contributed by atoms with Gasteiger partial charge in [-0.05, 0) is 18.8 Å². The Balaban J connectivity index is 2.10. The Labute approximate surface area is 109 Å². The van der Waals surface area contributed by atoms with Crippen LogP contribution >= 0.6 is 0 Å². The Morgan fingerprint density at radius 1 is 1.44 bits per heavy atom. The third kappa shape index (κ3) is 6.33. The van der Waals surface area contributed by atoms with Crippen molar-refractivity contribution in [3.63, 3.8) is 0 Å². The Hall–Kier alpha value is -0.650. The van der Waals surface area contributed by atoms with E-state index in [0.29, 0.717) is 12.5 Å². The third-order valence-corrected chi connectivity index (χ3v) is 3.23. The molecule has 5 nitrogen and oxygen atoms in total. The van der Waals surface area contributed by atoms with Crippen molar-refractivity contribution in [2.75, 3.05) is 40.0 Å². The first kappa shape index (κ1) is 15.4. The van der Waals surface area contributed by atoms with E-state index in [1.165, 1.54) is 0 Å². The Morgan fingerprint density at radius 2 is 2.11 bits per heavy atom. The van der Waals surface area contributed by atoms with Crippen LogP contribution in [0.2, 0.25) is 0 Å². The highest BCUT2D eigenvalue weighted by atomic mass is 16.5. The van der Waals surface area contributed by atoms with E-state index in [9.17, 15) is 4.79 Å². The molecule has 0 radical (unpaired) electrons. The molecule has 0 saturated carbocycles. The molecule has 1 saturated heterocycles. The number of methoxy groups -OCH3 is 1. The molecule has 1 aliphatic heterocycles. The van der Waals surface area contributed by atoms with Crippen LogP contribution in [0.1, 0.15) is 26.2 Å². The molecule has 0 aromatic rings. The SMILES string of the molecule is COCC(C)CN1CCC(OCCC(=O)O)CC1. The molecular weight excluding hydrogens is 234 g/mol. The molecule has 1 atom stereocenters. The summed E-state index contributed by atoms with van der Waals surface area (Å²) in [6, 6.07) is 0. The summed E-state index contributed by atoms with van der Waals surface area (Å²) in [7, 11) is 1.74. The summed E-state index contributed by atoms with van der Waals surface area (Å²) in [6.45, 7) is 6.46. The van der Waals surface area contributed by atoms with Crippen molar-refractivity contribution in [2.24, 2.45) is 5.92 Å². The summed E-state index contributed by atoms with van der Waals surface area (Å²) in [4.78, 5) is 12.8. The fraction of sp³-hybridized carbons (Fsp3) is 0.923. The molecule has 0 aliphatic carbocycles. The van der Waals surface area contributed by atoms with E-state index in [0.717, 1.165) is 39.1 Å². The van der Waals surface area contributed by atoms with Crippen molar-refractivity contribution >= 4 is 5.97 Å². The van der Waals surface area contributed by atoms with Crippen molar-refractivity contribution < 1.29 is 19.4 Å². The van der Waals surface area contributed by atoms with Gasteiger partial charge in [0.25, 0.3) is 0 Å². The predicted molar refractivity (Wildman–Crippen MR) is 68.7 cm³/mol. The number of ether oxygens (including phenoxy) is 2. The van der Waals surface area contributed by atoms with Crippen LogP contribution in [-0.2, 0) is 14.3 Å². The number of carbonyl (C=O) groups is 1. The number of likely N-dealkylation sites (tertiary alicyclic amines) is 1. The Bertz CT molecular complexity index is 239. The molecule has 1 rings (SSSR count). The maximum absolute atomic E-state index is 10.4. The molecule has 0 spiro atoms. The minimum atomic E-state index is -0.791. The number of carboxylic acid groups (broad SMARTS) is 1. The van der Waals surface area contributed by atoms with Crippen LogP contribution in [0.15, 0.2) is 0 Å². The standard InChI is InChI=1S/C13H25NO4/c1-11(10-17-2)9-14-6-3-12(4-7-14)18-8-5-13(15)16/h11-12H,3-10H2,1-2H3,(H,15,16). The fourth-order valence-corrected chi connectivity index (χ4v) is 2.35. The Morgan fingerprint density at radius 3 is 2.67 bits per heavy atom. The van der Waals surface area contributed by atoms with Crippen LogP contribution in [0.3, 0.4) is 0 Å². The average molecular weight is 259 g/mol. The molecule has 0 aromatic heterocycles. The number of hydrogen-bond donors (Lipinski definition) is 1. The number of nitrogens with zero attached hydrogens (tertiary/aromatic N) is 1. The molecule has 106 valence electrons. The maximum Gasteiger partial charge on any atom is 0.305 e. The van der Waals surface area contributed by atoms with E-state index in [-0.39, 0.29) is 12.5 Å². The summed E-state index contributed by atoms with van der Waals surface area (Å²) in [6.07, 6.45) is 2.34. The molecule has 1 aliphatic rings. The molecular formula is C13H25NO4. The normalized spacial score (nSPS) is 19.9. The van der Waals surface area contributed by atoms with E-state index >= 15 is 0 Å². The first-order valence-electron chi connectivity index (χ1n) is 6.66. The number of carboxylic acids is 1. The van der Waals surface area contributed by atoms with E-state index in [4.69, 9.17) is 14.6 Å². The summed E-state index contributed by atoms with van der Waals surface area (Å²) >= 11 is 0. The van der Waals surface area contributed by atoms with E-state index in [1.54, 1.807) is 7.11 Å². The van der Waals surface area contributed by atoms with Crippen molar-refractivity contribution in [2.45, 2.75) is 32.3 Å². The molecule has 1 heterocycles. The molecule has 1 fully saturated rings. The van der Waals surface area contributed by atoms with Crippen LogP contribution < -0.4 is 0 Å². The van der Waals surface area contributed by atoms with E-state index in [2.05, 4.69) is 11.8 Å². The topological polar surface area (TPSA) is 59.0 Å². The molecule has 5 heteroatoms. The maximum atomic E-state index is 10.4. The van der Waals surface area contributed by atoms with Gasteiger partial charge < -0.3 is 19.5 Å². The average Bonchev–Trinajstić information content (AvgIpc) is 2.31. The van der Waals surface area contributed by atoms with Gasteiger partial charge in [-0.15, -0.1) is 0 Å². The quantitative estimate of drug-likeness (QED) is 0.710. The van der Waals surface area contributed by atoms with Gasteiger partial charge in [0.2, 0.25) is 0 Å². The third-order valence-electron chi connectivity index (χ3n) is 3.23. The highest BCUT2D eigenvalue weighted by Gasteiger charge is 2.20. The van der Waals surface area contributed by atoms with Gasteiger partial charge >= 0.3 is 5.97 Å². The van der Waals surface area contributed by atoms with Crippen LogP contribution in [0.25, 0.3) is 0 Å². The monoisotopic (exact) mass is 259 g/mol. The molecule has 18 heavy (non-hydrogen) atoms. The van der Waals surface area contributed by atoms with Gasteiger partial charge in [-0.3, -0.25) is 4.79 Å². The zero-order valence-electron chi connectivity index (χ0n) is 11.4. The van der Waals surface area contributed by atoms with Gasteiger partial charge in [-0.2, -0.15) is 0 Å². The first-order chi connectivity index (χ1) is 8.61. The minimum Gasteiger partial charge on any atom is -0.481 e. The fourth-order valence-electron chi connectivity index (χ4n) is 2.35. The lowest BCUT2D eigenvalue weighted by Crippen LogP contribution is -2.40. The van der Waals surface area contributed by atoms with Gasteiger partial charge in [-0.25, -0.2) is 0 Å². The van der Waals surface area contributed by atoms with Crippen LogP contribution in [0.4, 0.5) is 0 Å². The highest BCUT2D eigenvalue weighted by molar-refractivity contribution is 5.66. The lowest BCUT2D eigenvalue weighted by Gasteiger charge is -2.33. The largest absolute Gasteiger partial charge is 0.481 e. The number of hydrogen-bond acceptors (Lipinski definition) is 4. The molecule has 1 unspecified atom stereocenters. The second-order valence-electron chi connectivity index (χ2n) is 5.08. The second-order valence-corrected chi connectivity index (χ2v) is 5.08. The lowest BCUT2D eigenvalue weighted by atomic mass is 10.1. The lowest BCUT2D eigenvalue weighted by molar-refractivity contribution is -0.138. The smallest absolute Gasteiger partial charge is 0.305 e. The van der Waals surface area contributed by atoms with Crippen molar-refractivity contribution in [3.05, 3.63) is 0 Å². The van der Waals surface area contributed by atoms with Gasteiger partial charge in [-0.1, -0.05) is 6.92 Å². The van der Waals surface area contributed by atoms with E-state index in [1.807, 2.05) is 0 Å². The van der Waals surface area contributed by atoms with Gasteiger partial charge in [0.15, 0.2) is 0 Å². The van der Waals surface area contributed by atoms with Crippen LogP contribution in [-0.4, -0.2) is 62.0 Å². The van der Waals surface area contributed by atoms with Crippen LogP contribution in [0, 0.1) is 5.92 Å². The summed E-state index contributed by atoms with van der Waals surface area (Å²) < 4.78 is 10.7. The molecule has 0 aromatic carbocycles. The Kier molecular flexibility index (Phi) is 7.23. The van der Waals surface area contributed by atoms with Crippen molar-refractivity contribution in [1.82, 2.24) is 4.90 Å². The van der Waals surface area contributed by atoms with Gasteiger partial charge in [0, 0.05) is 33.4 Å². The molecule has 1 N–H and O–H groups in total. The van der Waals surface area contributed by atoms with E-state index < -0.39 is 5.97 Å². The number of piperidine rings is 1. The van der Waals surface area contributed by atoms with Crippen molar-refractivity contribution in [3.8, 4) is 0 Å². The minimum absolute atomic E-state index is 0.102. The highest BCUT2D eigenvalue weighted by Crippen LogP contribution is 2.15. The predicted octanol–water partition coefficient (Wildman–Crippen LogP) is 1.22. The molecule has 0 bridgehead atoms. The van der Waals surface area contributed by atoms with Gasteiger partial charge in [0.1, 0.15) is 0 Å². The summed E-state index contributed by atoms with van der Waals surface area (Å²) in [5.41, 5.74) is 0.